The molecule has 1 rings (SSSR count). The van der Waals surface area contributed by atoms with Gasteiger partial charge in [0.25, 0.3) is 0 Å². The molecule has 0 amide bonds. The van der Waals surface area contributed by atoms with Gasteiger partial charge in [0.2, 0.25) is 0 Å². The molecule has 0 aromatic carbocycles. The van der Waals surface area contributed by atoms with Gasteiger partial charge in [-0.3, -0.25) is 0 Å². The Labute approximate surface area is 65.2 Å². The highest BCUT2D eigenvalue weighted by Crippen LogP contribution is 2.00. The molecule has 1 heterocycles. The van der Waals surface area contributed by atoms with Gasteiger partial charge in [-0.2, -0.15) is 0 Å². The maximum atomic E-state index is 5.34. The molecule has 0 unspecified atom stereocenters. The van der Waals surface area contributed by atoms with Crippen molar-refractivity contribution >= 4 is 11.6 Å². The third-order valence-corrected chi connectivity index (χ3v) is 1.01. The number of nitrogens with two attached hydrogens (primary N) is 1. The molecule has 1 aromatic rings. The second-order valence-electron chi connectivity index (χ2n) is 2.33. The van der Waals surface area contributed by atoms with Crippen LogP contribution in [0.5, 0.6) is 0 Å². The number of hydrogen-bond donors (Lipinski definition) is 2. The average Bonchev–Trinajstić information content (AvgIpc) is 1.93. The van der Waals surface area contributed by atoms with E-state index in [0.29, 0.717) is 11.6 Å². The zero-order valence-corrected chi connectivity index (χ0v) is 6.57. The molecule has 11 heavy (non-hydrogen) atoms. The molecule has 60 valence electrons. The molecule has 0 saturated heterocycles. The molecule has 5 heteroatoms. The lowest BCUT2D eigenvalue weighted by Gasteiger charge is -2.11. The number of nitrogens with zero attached hydrogens (tertiary/aromatic N) is 3. The lowest BCUT2D eigenvalue weighted by atomic mass is 10.6. The second-order valence-corrected chi connectivity index (χ2v) is 2.33. The van der Waals surface area contributed by atoms with Crippen LogP contribution in [0.1, 0.15) is 0 Å². The number of anilines is 2. The molecular weight excluding hydrogens is 142 g/mol. The van der Waals surface area contributed by atoms with Gasteiger partial charge in [0.15, 0.2) is 5.82 Å². The van der Waals surface area contributed by atoms with Gasteiger partial charge in [-0.25, -0.2) is 15.0 Å². The fraction of sp³-hybridized carbons (Fsp3) is 0.333. The smallest absolute Gasteiger partial charge is 0.159 e. The van der Waals surface area contributed by atoms with Gasteiger partial charge < -0.3 is 11.2 Å². The Kier molecular flexibility index (Phi) is 2.22. The molecule has 0 aliphatic rings. The molecule has 0 fully saturated rings. The molecular formula is C6H11N5. The first-order chi connectivity index (χ1) is 5.18. The summed E-state index contributed by atoms with van der Waals surface area (Å²) in [6.07, 6.45) is 3.08. The van der Waals surface area contributed by atoms with Gasteiger partial charge in [0.05, 0.1) is 12.4 Å². The van der Waals surface area contributed by atoms with Crippen molar-refractivity contribution in [1.82, 2.24) is 15.0 Å². The minimum absolute atomic E-state index is 0.425. The number of aromatic nitrogens is 2. The highest BCUT2D eigenvalue weighted by Gasteiger charge is 1.93. The SMILES string of the molecule is CN(C)Nc1cnc(N)cn1. The van der Waals surface area contributed by atoms with Gasteiger partial charge in [-0.15, -0.1) is 0 Å². The second kappa shape index (κ2) is 3.16. The molecule has 0 bridgehead atoms. The summed E-state index contributed by atoms with van der Waals surface area (Å²) in [5.74, 6) is 1.11. The number of hydrazine groups is 1. The number of nitrogens with one attached hydrogen (secondary N) is 1. The third-order valence-electron chi connectivity index (χ3n) is 1.01. The average molecular weight is 153 g/mol. The van der Waals surface area contributed by atoms with E-state index in [2.05, 4.69) is 15.4 Å². The molecule has 0 saturated carbocycles. The largest absolute Gasteiger partial charge is 0.382 e. The predicted molar refractivity (Wildman–Crippen MR) is 43.8 cm³/mol. The standard InChI is InChI=1S/C6H11N5/c1-11(2)10-6-4-8-5(7)3-9-6/h3-4H,1-2H3,(H2,7,8)(H,9,10). The van der Waals surface area contributed by atoms with Crippen molar-refractivity contribution in [3.63, 3.8) is 0 Å². The van der Waals surface area contributed by atoms with Crippen LogP contribution in [0.15, 0.2) is 12.4 Å². The van der Waals surface area contributed by atoms with Crippen molar-refractivity contribution in [2.75, 3.05) is 25.3 Å². The number of nitrogen functional groups attached to an aromatic ring is 1. The summed E-state index contributed by atoms with van der Waals surface area (Å²) in [6, 6.07) is 0. The molecule has 0 atom stereocenters. The van der Waals surface area contributed by atoms with Crippen LogP contribution < -0.4 is 11.2 Å². The summed E-state index contributed by atoms with van der Waals surface area (Å²) < 4.78 is 0. The summed E-state index contributed by atoms with van der Waals surface area (Å²) in [6.45, 7) is 0. The first kappa shape index (κ1) is 7.74. The van der Waals surface area contributed by atoms with Crippen LogP contribution in [0.3, 0.4) is 0 Å². The highest BCUT2D eigenvalue weighted by molar-refractivity contribution is 5.34. The van der Waals surface area contributed by atoms with Crippen LogP contribution in [0.2, 0.25) is 0 Å². The number of rotatable bonds is 2. The summed E-state index contributed by atoms with van der Waals surface area (Å²) >= 11 is 0. The van der Waals surface area contributed by atoms with Crippen LogP contribution in [0.25, 0.3) is 0 Å². The van der Waals surface area contributed by atoms with Gasteiger partial charge in [0.1, 0.15) is 5.82 Å². The van der Waals surface area contributed by atoms with Gasteiger partial charge >= 0.3 is 0 Å². The van der Waals surface area contributed by atoms with E-state index in [1.54, 1.807) is 11.2 Å². The summed E-state index contributed by atoms with van der Waals surface area (Å²) in [5.41, 5.74) is 8.28. The Bertz CT molecular complexity index is 217. The third kappa shape index (κ3) is 2.38. The zero-order chi connectivity index (χ0) is 8.27. The van der Waals surface area contributed by atoms with E-state index in [0.717, 1.165) is 0 Å². The Morgan fingerprint density at radius 3 is 2.55 bits per heavy atom. The van der Waals surface area contributed by atoms with E-state index in [9.17, 15) is 0 Å². The first-order valence-corrected chi connectivity index (χ1v) is 3.20. The molecule has 0 aliphatic carbocycles. The molecule has 0 radical (unpaired) electrons. The minimum atomic E-state index is 0.425. The highest BCUT2D eigenvalue weighted by atomic mass is 15.5. The lowest BCUT2D eigenvalue weighted by Crippen LogP contribution is -2.20. The topological polar surface area (TPSA) is 67.1 Å². The zero-order valence-electron chi connectivity index (χ0n) is 6.57. The van der Waals surface area contributed by atoms with Crippen LogP contribution >= 0.6 is 0 Å². The molecule has 0 spiro atoms. The Hall–Kier alpha value is -1.36. The molecule has 3 N–H and O–H groups in total. The lowest BCUT2D eigenvalue weighted by molar-refractivity contribution is 0.492. The molecule has 5 nitrogen and oxygen atoms in total. The van der Waals surface area contributed by atoms with Crippen molar-refractivity contribution in [2.24, 2.45) is 0 Å². The van der Waals surface area contributed by atoms with E-state index in [1.165, 1.54) is 6.20 Å². The van der Waals surface area contributed by atoms with Gasteiger partial charge in [-0.05, 0) is 0 Å². The van der Waals surface area contributed by atoms with Gasteiger partial charge in [-0.1, -0.05) is 0 Å². The van der Waals surface area contributed by atoms with E-state index < -0.39 is 0 Å². The minimum Gasteiger partial charge on any atom is -0.382 e. The monoisotopic (exact) mass is 153 g/mol. The quantitative estimate of drug-likeness (QED) is 0.583. The molecule has 1 aromatic heterocycles. The van der Waals surface area contributed by atoms with Crippen molar-refractivity contribution < 1.29 is 0 Å². The van der Waals surface area contributed by atoms with E-state index in [-0.39, 0.29) is 0 Å². The summed E-state index contributed by atoms with van der Waals surface area (Å²) in [7, 11) is 3.75. The van der Waals surface area contributed by atoms with Crippen LogP contribution in [-0.2, 0) is 0 Å². The first-order valence-electron chi connectivity index (χ1n) is 3.20. The maximum absolute atomic E-state index is 5.34. The Balaban J connectivity index is 2.66. The predicted octanol–water partition coefficient (Wildman–Crippen LogP) is -0.0527. The molecule has 0 aliphatic heterocycles. The fourth-order valence-electron chi connectivity index (χ4n) is 0.625. The van der Waals surface area contributed by atoms with Crippen LogP contribution in [0, 0.1) is 0 Å². The number of hydrogen-bond acceptors (Lipinski definition) is 5. The normalized spacial score (nSPS) is 10.1. The van der Waals surface area contributed by atoms with Crippen molar-refractivity contribution in [1.29, 1.82) is 0 Å². The van der Waals surface area contributed by atoms with Crippen molar-refractivity contribution in [3.8, 4) is 0 Å². The fourth-order valence-corrected chi connectivity index (χ4v) is 0.625. The summed E-state index contributed by atoms with van der Waals surface area (Å²) in [5, 5.41) is 1.78. The van der Waals surface area contributed by atoms with Crippen LogP contribution in [-0.4, -0.2) is 29.1 Å². The van der Waals surface area contributed by atoms with Crippen molar-refractivity contribution in [3.05, 3.63) is 12.4 Å². The van der Waals surface area contributed by atoms with E-state index in [4.69, 9.17) is 5.73 Å². The summed E-state index contributed by atoms with van der Waals surface area (Å²) in [4.78, 5) is 7.84. The van der Waals surface area contributed by atoms with Crippen LogP contribution in [0.4, 0.5) is 11.6 Å². The Morgan fingerprint density at radius 1 is 1.36 bits per heavy atom. The Morgan fingerprint density at radius 2 is 2.09 bits per heavy atom. The maximum Gasteiger partial charge on any atom is 0.159 e. The van der Waals surface area contributed by atoms with Crippen molar-refractivity contribution in [2.45, 2.75) is 0 Å². The van der Waals surface area contributed by atoms with E-state index in [1.807, 2.05) is 14.1 Å². The van der Waals surface area contributed by atoms with Gasteiger partial charge in [0, 0.05) is 14.1 Å². The van der Waals surface area contributed by atoms with E-state index >= 15 is 0 Å².